The van der Waals surface area contributed by atoms with Crippen LogP contribution in [0.25, 0.3) is 0 Å². The summed E-state index contributed by atoms with van der Waals surface area (Å²) in [4.78, 5) is 19.0. The highest BCUT2D eigenvalue weighted by molar-refractivity contribution is 5.76. The van der Waals surface area contributed by atoms with E-state index in [1.807, 2.05) is 36.1 Å². The first-order valence-corrected chi connectivity index (χ1v) is 9.11. The third kappa shape index (κ3) is 4.69. The van der Waals surface area contributed by atoms with Gasteiger partial charge in [-0.1, -0.05) is 19.4 Å². The van der Waals surface area contributed by atoms with E-state index in [0.29, 0.717) is 26.1 Å². The number of hydrogen-bond acceptors (Lipinski definition) is 3. The monoisotopic (exact) mass is 341 g/mol. The highest BCUT2D eigenvalue weighted by Crippen LogP contribution is 2.17. The average molecular weight is 341 g/mol. The number of aromatic nitrogens is 2. The molecular formula is C20H27N3O2. The van der Waals surface area contributed by atoms with Crippen LogP contribution in [0.15, 0.2) is 36.5 Å². The third-order valence-corrected chi connectivity index (χ3v) is 4.61. The number of aryl methyl sites for hydroxylation is 1. The summed E-state index contributed by atoms with van der Waals surface area (Å²) in [5.74, 6) is 0.221. The summed E-state index contributed by atoms with van der Waals surface area (Å²) in [5.41, 5.74) is 3.09. The Labute approximate surface area is 149 Å². The molecule has 1 aliphatic rings. The normalized spacial score (nSPS) is 17.2. The zero-order valence-corrected chi connectivity index (χ0v) is 15.1. The lowest BCUT2D eigenvalue weighted by atomic mass is 10.2. The van der Waals surface area contributed by atoms with Crippen molar-refractivity contribution in [3.05, 3.63) is 53.6 Å². The second-order valence-corrected chi connectivity index (χ2v) is 6.73. The topological polar surface area (TPSA) is 47.4 Å². The maximum Gasteiger partial charge on any atom is 0.223 e. The molecule has 1 amide bonds. The molecule has 0 saturated heterocycles. The van der Waals surface area contributed by atoms with E-state index < -0.39 is 0 Å². The summed E-state index contributed by atoms with van der Waals surface area (Å²) in [6.07, 6.45) is 4.63. The fraction of sp³-hybridized carbons (Fsp3) is 0.500. The predicted molar refractivity (Wildman–Crippen MR) is 96.9 cm³/mol. The summed E-state index contributed by atoms with van der Waals surface area (Å²) >= 11 is 0. The molecule has 0 spiro atoms. The van der Waals surface area contributed by atoms with Crippen LogP contribution in [0.5, 0.6) is 0 Å². The van der Waals surface area contributed by atoms with E-state index in [2.05, 4.69) is 28.7 Å². The molecule has 134 valence electrons. The molecule has 0 saturated carbocycles. The Morgan fingerprint density at radius 3 is 2.96 bits per heavy atom. The van der Waals surface area contributed by atoms with Crippen LogP contribution in [0.4, 0.5) is 0 Å². The molecule has 0 aromatic carbocycles. The van der Waals surface area contributed by atoms with Crippen LogP contribution in [0, 0.1) is 6.92 Å². The fourth-order valence-corrected chi connectivity index (χ4v) is 3.22. The quantitative estimate of drug-likeness (QED) is 0.810. The number of amides is 1. The first-order valence-electron chi connectivity index (χ1n) is 9.11. The van der Waals surface area contributed by atoms with Crippen LogP contribution < -0.4 is 0 Å². The van der Waals surface area contributed by atoms with Crippen molar-refractivity contribution in [3.8, 4) is 0 Å². The summed E-state index contributed by atoms with van der Waals surface area (Å²) in [7, 11) is 0. The van der Waals surface area contributed by atoms with Crippen molar-refractivity contribution in [3.63, 3.8) is 0 Å². The van der Waals surface area contributed by atoms with Gasteiger partial charge in [-0.2, -0.15) is 0 Å². The first-order chi connectivity index (χ1) is 12.2. The van der Waals surface area contributed by atoms with Gasteiger partial charge in [-0.3, -0.25) is 9.78 Å². The Bertz CT molecular complexity index is 710. The van der Waals surface area contributed by atoms with E-state index in [4.69, 9.17) is 4.74 Å². The van der Waals surface area contributed by atoms with Gasteiger partial charge in [-0.15, -0.1) is 0 Å². The minimum absolute atomic E-state index is 0.0264. The Balaban J connectivity index is 1.68. The number of fused-ring (bicyclic) bond motifs is 1. The number of hydrogen-bond donors (Lipinski definition) is 0. The van der Waals surface area contributed by atoms with Gasteiger partial charge in [-0.05, 0) is 37.6 Å². The third-order valence-electron chi connectivity index (χ3n) is 4.61. The minimum Gasteiger partial charge on any atom is -0.368 e. The van der Waals surface area contributed by atoms with E-state index in [9.17, 15) is 4.79 Å². The van der Waals surface area contributed by atoms with Crippen LogP contribution >= 0.6 is 0 Å². The molecule has 0 N–H and O–H groups in total. The summed E-state index contributed by atoms with van der Waals surface area (Å²) in [5, 5.41) is 0. The van der Waals surface area contributed by atoms with E-state index >= 15 is 0 Å². The van der Waals surface area contributed by atoms with Gasteiger partial charge in [0.15, 0.2) is 0 Å². The predicted octanol–water partition coefficient (Wildman–Crippen LogP) is 3.31. The van der Waals surface area contributed by atoms with E-state index in [1.165, 1.54) is 5.69 Å². The van der Waals surface area contributed by atoms with Gasteiger partial charge >= 0.3 is 0 Å². The maximum absolute atomic E-state index is 12.6. The molecule has 3 heterocycles. The SMILES string of the molecule is CCCCC(=O)N1Cc2cccn2C[C@@H](OCc2cccc(C)n2)C1. The lowest BCUT2D eigenvalue weighted by Crippen LogP contribution is -2.37. The van der Waals surface area contributed by atoms with Gasteiger partial charge in [-0.25, -0.2) is 0 Å². The Morgan fingerprint density at radius 1 is 1.28 bits per heavy atom. The zero-order valence-electron chi connectivity index (χ0n) is 15.1. The van der Waals surface area contributed by atoms with Gasteiger partial charge in [0.1, 0.15) is 0 Å². The maximum atomic E-state index is 12.6. The standard InChI is InChI=1S/C20H27N3O2/c1-3-4-10-20(24)23-12-18-9-6-11-22(18)13-19(14-23)25-15-17-8-5-7-16(2)21-17/h5-9,11,19H,3-4,10,12-15H2,1-2H3/t19-/m1/s1. The number of unbranched alkanes of at least 4 members (excludes halogenated alkanes) is 1. The first kappa shape index (κ1) is 17.7. The van der Waals surface area contributed by atoms with Crippen molar-refractivity contribution < 1.29 is 9.53 Å². The van der Waals surface area contributed by atoms with E-state index in [1.54, 1.807) is 0 Å². The number of carbonyl (C=O) groups excluding carboxylic acids is 1. The molecule has 0 fully saturated rings. The van der Waals surface area contributed by atoms with Crippen molar-refractivity contribution in [2.75, 3.05) is 6.54 Å². The molecular weight excluding hydrogens is 314 g/mol. The molecule has 0 aliphatic carbocycles. The second-order valence-electron chi connectivity index (χ2n) is 6.73. The molecule has 0 radical (unpaired) electrons. The van der Waals surface area contributed by atoms with Crippen molar-refractivity contribution in [2.45, 2.75) is 58.9 Å². The van der Waals surface area contributed by atoms with E-state index in [0.717, 1.165) is 30.8 Å². The highest BCUT2D eigenvalue weighted by Gasteiger charge is 2.25. The summed E-state index contributed by atoms with van der Waals surface area (Å²) in [6, 6.07) is 10.1. The lowest BCUT2D eigenvalue weighted by Gasteiger charge is -2.24. The van der Waals surface area contributed by atoms with Crippen LogP contribution in [0.1, 0.15) is 43.3 Å². The van der Waals surface area contributed by atoms with Gasteiger partial charge in [0.05, 0.1) is 31.5 Å². The Hall–Kier alpha value is -2.14. The van der Waals surface area contributed by atoms with Gasteiger partial charge < -0.3 is 14.2 Å². The summed E-state index contributed by atoms with van der Waals surface area (Å²) < 4.78 is 8.33. The number of carbonyl (C=O) groups is 1. The van der Waals surface area contributed by atoms with Crippen molar-refractivity contribution in [2.24, 2.45) is 0 Å². The minimum atomic E-state index is -0.0264. The highest BCUT2D eigenvalue weighted by atomic mass is 16.5. The molecule has 5 heteroatoms. The molecule has 1 atom stereocenters. The molecule has 0 bridgehead atoms. The fourth-order valence-electron chi connectivity index (χ4n) is 3.22. The van der Waals surface area contributed by atoms with E-state index in [-0.39, 0.29) is 12.0 Å². The number of rotatable bonds is 6. The van der Waals surface area contributed by atoms with Crippen LogP contribution in [-0.4, -0.2) is 33.0 Å². The van der Waals surface area contributed by atoms with Gasteiger partial charge in [0.2, 0.25) is 5.91 Å². The lowest BCUT2D eigenvalue weighted by molar-refractivity contribution is -0.134. The Kier molecular flexibility index (Phi) is 5.87. The number of ether oxygens (including phenoxy) is 1. The smallest absolute Gasteiger partial charge is 0.223 e. The molecule has 5 nitrogen and oxygen atoms in total. The molecule has 2 aromatic rings. The van der Waals surface area contributed by atoms with Crippen LogP contribution in [-0.2, 0) is 29.2 Å². The van der Waals surface area contributed by atoms with Crippen molar-refractivity contribution in [1.82, 2.24) is 14.5 Å². The molecule has 25 heavy (non-hydrogen) atoms. The van der Waals surface area contributed by atoms with Crippen LogP contribution in [0.3, 0.4) is 0 Å². The van der Waals surface area contributed by atoms with Gasteiger partial charge in [0, 0.05) is 30.6 Å². The number of pyridine rings is 1. The molecule has 2 aromatic heterocycles. The summed E-state index contributed by atoms with van der Waals surface area (Å²) in [6.45, 7) is 6.64. The molecule has 0 unspecified atom stereocenters. The molecule has 1 aliphatic heterocycles. The van der Waals surface area contributed by atoms with Gasteiger partial charge in [0.25, 0.3) is 0 Å². The van der Waals surface area contributed by atoms with Crippen LogP contribution in [0.2, 0.25) is 0 Å². The second kappa shape index (κ2) is 8.30. The molecule has 3 rings (SSSR count). The number of nitrogens with zero attached hydrogens (tertiary/aromatic N) is 3. The average Bonchev–Trinajstić information content (AvgIpc) is 2.96. The van der Waals surface area contributed by atoms with Crippen molar-refractivity contribution >= 4 is 5.91 Å². The van der Waals surface area contributed by atoms with Crippen molar-refractivity contribution in [1.29, 1.82) is 0 Å². The Morgan fingerprint density at radius 2 is 2.16 bits per heavy atom. The zero-order chi connectivity index (χ0) is 17.6. The largest absolute Gasteiger partial charge is 0.368 e.